The third kappa shape index (κ3) is 3.26. The van der Waals surface area contributed by atoms with Crippen molar-refractivity contribution in [2.45, 2.75) is 25.4 Å². The normalized spacial score (nSPS) is 22.5. The minimum atomic E-state index is -0.966. The van der Waals surface area contributed by atoms with E-state index in [-0.39, 0.29) is 13.2 Å². The van der Waals surface area contributed by atoms with Crippen molar-refractivity contribution >= 4 is 23.3 Å². The molecule has 20 heavy (non-hydrogen) atoms. The number of amides is 2. The molecule has 0 aromatic carbocycles. The van der Waals surface area contributed by atoms with Gasteiger partial charge in [0.1, 0.15) is 10.9 Å². The molecule has 2 rings (SSSR count). The van der Waals surface area contributed by atoms with E-state index in [1.807, 2.05) is 19.2 Å². The molecule has 1 saturated heterocycles. The van der Waals surface area contributed by atoms with E-state index < -0.39 is 29.5 Å². The Morgan fingerprint density at radius 2 is 2.25 bits per heavy atom. The number of carboxylic acids is 1. The van der Waals surface area contributed by atoms with Crippen LogP contribution >= 0.6 is 11.3 Å². The topological polar surface area (TPSA) is 101 Å². The fraction of sp³-hybridized carbons (Fsp3) is 0.583. The Labute approximate surface area is 120 Å². The Morgan fingerprint density at radius 3 is 2.85 bits per heavy atom. The highest BCUT2D eigenvalue weighted by Crippen LogP contribution is 2.22. The molecule has 1 aliphatic rings. The fourth-order valence-electron chi connectivity index (χ4n) is 2.01. The standard InChI is InChI=1S/C12H17N3O4S/c1-12(2,10-13-3-4-20-10)15-11(18)14-8-6-19-5-7(8)9(16)17/h3-4,7-8H,5-6H2,1-2H3,(H,16,17)(H2,14,15,18). The number of hydrogen-bond donors (Lipinski definition) is 3. The van der Waals surface area contributed by atoms with Gasteiger partial charge in [0.2, 0.25) is 0 Å². The van der Waals surface area contributed by atoms with E-state index in [0.29, 0.717) is 0 Å². The van der Waals surface area contributed by atoms with Gasteiger partial charge in [0.25, 0.3) is 0 Å². The van der Waals surface area contributed by atoms with Gasteiger partial charge in [0.05, 0.1) is 24.8 Å². The van der Waals surface area contributed by atoms with Gasteiger partial charge in [-0.2, -0.15) is 0 Å². The van der Waals surface area contributed by atoms with Crippen LogP contribution in [0.5, 0.6) is 0 Å². The van der Waals surface area contributed by atoms with Crippen LogP contribution in [0.4, 0.5) is 4.79 Å². The minimum absolute atomic E-state index is 0.121. The molecule has 0 bridgehead atoms. The summed E-state index contributed by atoms with van der Waals surface area (Å²) in [6.45, 7) is 4.01. The Bertz CT molecular complexity index is 489. The Balaban J connectivity index is 1.94. The average molecular weight is 299 g/mol. The van der Waals surface area contributed by atoms with Crippen LogP contribution in [0.3, 0.4) is 0 Å². The number of nitrogens with one attached hydrogen (secondary N) is 2. The maximum absolute atomic E-state index is 12.0. The zero-order valence-corrected chi connectivity index (χ0v) is 12.1. The monoisotopic (exact) mass is 299 g/mol. The third-order valence-electron chi connectivity index (χ3n) is 3.11. The number of rotatable bonds is 4. The Kier molecular flexibility index (Phi) is 4.24. The van der Waals surface area contributed by atoms with Crippen molar-refractivity contribution in [2.75, 3.05) is 13.2 Å². The maximum Gasteiger partial charge on any atom is 0.315 e. The molecule has 2 atom stereocenters. The largest absolute Gasteiger partial charge is 0.481 e. The number of nitrogens with zero attached hydrogens (tertiary/aromatic N) is 1. The van der Waals surface area contributed by atoms with Gasteiger partial charge in [-0.1, -0.05) is 0 Å². The molecule has 0 saturated carbocycles. The van der Waals surface area contributed by atoms with Gasteiger partial charge >= 0.3 is 12.0 Å². The fourth-order valence-corrected chi connectivity index (χ4v) is 2.73. The molecule has 7 nitrogen and oxygen atoms in total. The van der Waals surface area contributed by atoms with Crippen molar-refractivity contribution in [3.8, 4) is 0 Å². The number of aromatic nitrogens is 1. The van der Waals surface area contributed by atoms with Crippen molar-refractivity contribution < 1.29 is 19.4 Å². The molecule has 8 heteroatoms. The van der Waals surface area contributed by atoms with Gasteiger partial charge in [-0.15, -0.1) is 11.3 Å². The second kappa shape index (κ2) is 5.76. The van der Waals surface area contributed by atoms with Gasteiger partial charge in [-0.05, 0) is 13.8 Å². The lowest BCUT2D eigenvalue weighted by Gasteiger charge is -2.25. The second-order valence-corrected chi connectivity index (χ2v) is 6.04. The number of hydrogen-bond acceptors (Lipinski definition) is 5. The highest BCUT2D eigenvalue weighted by Gasteiger charge is 2.36. The molecule has 0 spiro atoms. The van der Waals surface area contributed by atoms with Gasteiger partial charge in [-0.25, -0.2) is 9.78 Å². The number of aliphatic carboxylic acids is 1. The van der Waals surface area contributed by atoms with Crippen molar-refractivity contribution in [3.05, 3.63) is 16.6 Å². The molecule has 1 fully saturated rings. The lowest BCUT2D eigenvalue weighted by atomic mass is 10.0. The molecule has 2 unspecified atom stereocenters. The zero-order chi connectivity index (χ0) is 14.8. The van der Waals surface area contributed by atoms with Crippen molar-refractivity contribution in [2.24, 2.45) is 5.92 Å². The number of carbonyl (C=O) groups excluding carboxylic acids is 1. The smallest absolute Gasteiger partial charge is 0.315 e. The van der Waals surface area contributed by atoms with E-state index >= 15 is 0 Å². The Morgan fingerprint density at radius 1 is 1.50 bits per heavy atom. The third-order valence-corrected chi connectivity index (χ3v) is 4.20. The molecule has 1 aliphatic heterocycles. The molecule has 3 N–H and O–H groups in total. The van der Waals surface area contributed by atoms with E-state index in [9.17, 15) is 9.59 Å². The number of urea groups is 1. The van der Waals surface area contributed by atoms with E-state index in [0.717, 1.165) is 5.01 Å². The lowest BCUT2D eigenvalue weighted by molar-refractivity contribution is -0.142. The summed E-state index contributed by atoms with van der Waals surface area (Å²) in [6.07, 6.45) is 1.67. The SMILES string of the molecule is CC(C)(NC(=O)NC1COCC1C(=O)O)c1nccs1. The van der Waals surface area contributed by atoms with Crippen LogP contribution in [-0.2, 0) is 15.1 Å². The molecular formula is C12H17N3O4S. The molecule has 1 aromatic heterocycles. The van der Waals surface area contributed by atoms with Crippen LogP contribution in [0.25, 0.3) is 0 Å². The van der Waals surface area contributed by atoms with Crippen molar-refractivity contribution in [1.29, 1.82) is 0 Å². The summed E-state index contributed by atoms with van der Waals surface area (Å²) in [4.78, 5) is 27.2. The van der Waals surface area contributed by atoms with E-state index in [1.165, 1.54) is 11.3 Å². The quantitative estimate of drug-likeness (QED) is 0.762. The molecule has 110 valence electrons. The van der Waals surface area contributed by atoms with E-state index in [4.69, 9.17) is 9.84 Å². The van der Waals surface area contributed by atoms with Crippen LogP contribution in [-0.4, -0.2) is 41.3 Å². The van der Waals surface area contributed by atoms with Gasteiger partial charge in [-0.3, -0.25) is 4.79 Å². The lowest BCUT2D eigenvalue weighted by Crippen LogP contribution is -2.52. The molecular weight excluding hydrogens is 282 g/mol. The Hall–Kier alpha value is -1.67. The van der Waals surface area contributed by atoms with Gasteiger partial charge < -0.3 is 20.5 Å². The summed E-state index contributed by atoms with van der Waals surface area (Å²) >= 11 is 1.45. The van der Waals surface area contributed by atoms with E-state index in [1.54, 1.807) is 6.20 Å². The zero-order valence-electron chi connectivity index (χ0n) is 11.3. The first-order chi connectivity index (χ1) is 9.40. The first-order valence-electron chi connectivity index (χ1n) is 6.19. The van der Waals surface area contributed by atoms with Crippen LogP contribution in [0.2, 0.25) is 0 Å². The number of ether oxygens (including phenoxy) is 1. The number of carboxylic acid groups (broad SMARTS) is 1. The molecule has 2 heterocycles. The summed E-state index contributed by atoms with van der Waals surface area (Å²) < 4.78 is 5.10. The van der Waals surface area contributed by atoms with Crippen LogP contribution < -0.4 is 10.6 Å². The molecule has 1 aromatic rings. The number of carbonyl (C=O) groups is 2. The van der Waals surface area contributed by atoms with Gasteiger partial charge in [0, 0.05) is 11.6 Å². The summed E-state index contributed by atoms with van der Waals surface area (Å²) in [6, 6.07) is -0.938. The molecule has 2 amide bonds. The highest BCUT2D eigenvalue weighted by atomic mass is 32.1. The maximum atomic E-state index is 12.0. The molecule has 0 aliphatic carbocycles. The molecule has 0 radical (unpaired) electrons. The van der Waals surface area contributed by atoms with Crippen molar-refractivity contribution in [3.63, 3.8) is 0 Å². The highest BCUT2D eigenvalue weighted by molar-refractivity contribution is 7.09. The van der Waals surface area contributed by atoms with Gasteiger partial charge in [0.15, 0.2) is 0 Å². The second-order valence-electron chi connectivity index (χ2n) is 5.15. The summed E-state index contributed by atoms with van der Waals surface area (Å²) in [7, 11) is 0. The number of thiazole rings is 1. The van der Waals surface area contributed by atoms with Crippen LogP contribution in [0.15, 0.2) is 11.6 Å². The van der Waals surface area contributed by atoms with Crippen molar-refractivity contribution in [1.82, 2.24) is 15.6 Å². The summed E-state index contributed by atoms with van der Waals surface area (Å²) in [5, 5.41) is 17.1. The summed E-state index contributed by atoms with van der Waals surface area (Å²) in [5.41, 5.74) is -0.615. The predicted octanol–water partition coefficient (Wildman–Crippen LogP) is 0.777. The first kappa shape index (κ1) is 14.7. The average Bonchev–Trinajstić information content (AvgIpc) is 2.97. The minimum Gasteiger partial charge on any atom is -0.481 e. The summed E-state index contributed by atoms with van der Waals surface area (Å²) in [5.74, 6) is -1.67. The van der Waals surface area contributed by atoms with Crippen LogP contribution in [0, 0.1) is 5.92 Å². The van der Waals surface area contributed by atoms with Crippen LogP contribution in [0.1, 0.15) is 18.9 Å². The predicted molar refractivity (Wildman–Crippen MR) is 72.5 cm³/mol. The van der Waals surface area contributed by atoms with E-state index in [2.05, 4.69) is 15.6 Å². The first-order valence-corrected chi connectivity index (χ1v) is 7.07.